The van der Waals surface area contributed by atoms with E-state index in [2.05, 4.69) is 5.32 Å². The zero-order chi connectivity index (χ0) is 18.1. The van der Waals surface area contributed by atoms with E-state index in [1.807, 2.05) is 0 Å². The molecule has 2 rings (SSSR count). The van der Waals surface area contributed by atoms with Crippen LogP contribution in [0, 0.1) is 5.82 Å². The van der Waals surface area contributed by atoms with Crippen LogP contribution in [0.5, 0.6) is 5.75 Å². The first-order valence-electron chi connectivity index (χ1n) is 7.75. The molecule has 2 aromatic carbocycles. The summed E-state index contributed by atoms with van der Waals surface area (Å²) in [5.41, 5.74) is 6.37. The lowest BCUT2D eigenvalue weighted by molar-refractivity contribution is -0.120. The summed E-state index contributed by atoms with van der Waals surface area (Å²) in [7, 11) is 0. The Balaban J connectivity index is 1.77. The zero-order valence-corrected chi connectivity index (χ0v) is 13.6. The minimum atomic E-state index is -0.545. The second kappa shape index (κ2) is 9.22. The SMILES string of the molecule is NC(=O)COc1ccc(/C=C/C(=O)NCCc2ccccc2F)cc1. The number of carbonyl (C=O) groups excluding carboxylic acids is 2. The van der Waals surface area contributed by atoms with Crippen molar-refractivity contribution in [2.75, 3.05) is 13.2 Å². The fourth-order valence-electron chi connectivity index (χ4n) is 2.08. The average Bonchev–Trinajstić information content (AvgIpc) is 2.60. The summed E-state index contributed by atoms with van der Waals surface area (Å²) in [6.45, 7) is 0.170. The molecular weight excluding hydrogens is 323 g/mol. The Hall–Kier alpha value is -3.15. The van der Waals surface area contributed by atoms with Gasteiger partial charge in [-0.25, -0.2) is 4.39 Å². The molecule has 0 saturated heterocycles. The third kappa shape index (κ3) is 6.47. The van der Waals surface area contributed by atoms with Gasteiger partial charge >= 0.3 is 0 Å². The summed E-state index contributed by atoms with van der Waals surface area (Å²) in [6, 6.07) is 13.3. The largest absolute Gasteiger partial charge is 0.484 e. The van der Waals surface area contributed by atoms with Crippen LogP contribution >= 0.6 is 0 Å². The third-order valence-electron chi connectivity index (χ3n) is 3.34. The number of ether oxygens (including phenoxy) is 1. The predicted octanol–water partition coefficient (Wildman–Crippen LogP) is 2.06. The molecule has 25 heavy (non-hydrogen) atoms. The third-order valence-corrected chi connectivity index (χ3v) is 3.34. The number of nitrogens with two attached hydrogens (primary N) is 1. The van der Waals surface area contributed by atoms with E-state index < -0.39 is 5.91 Å². The Kier molecular flexibility index (Phi) is 6.71. The maximum absolute atomic E-state index is 13.5. The Labute approximate surface area is 145 Å². The van der Waals surface area contributed by atoms with E-state index in [-0.39, 0.29) is 18.3 Å². The number of benzene rings is 2. The molecular formula is C19H19FN2O3. The van der Waals surface area contributed by atoms with Crippen LogP contribution in [0.15, 0.2) is 54.6 Å². The Morgan fingerprint density at radius 1 is 1.12 bits per heavy atom. The van der Waals surface area contributed by atoms with Crippen LogP contribution in [-0.2, 0) is 16.0 Å². The van der Waals surface area contributed by atoms with Gasteiger partial charge in [-0.15, -0.1) is 0 Å². The molecule has 0 unspecified atom stereocenters. The first-order chi connectivity index (χ1) is 12.0. The van der Waals surface area contributed by atoms with E-state index in [4.69, 9.17) is 10.5 Å². The maximum atomic E-state index is 13.5. The highest BCUT2D eigenvalue weighted by molar-refractivity contribution is 5.91. The molecule has 3 N–H and O–H groups in total. The van der Waals surface area contributed by atoms with Crippen molar-refractivity contribution in [1.82, 2.24) is 5.32 Å². The van der Waals surface area contributed by atoms with Gasteiger partial charge in [-0.2, -0.15) is 0 Å². The molecule has 2 aromatic rings. The van der Waals surface area contributed by atoms with Crippen LogP contribution < -0.4 is 15.8 Å². The number of hydrogen-bond acceptors (Lipinski definition) is 3. The van der Waals surface area contributed by atoms with Gasteiger partial charge < -0.3 is 15.8 Å². The molecule has 130 valence electrons. The lowest BCUT2D eigenvalue weighted by atomic mass is 10.1. The van der Waals surface area contributed by atoms with Gasteiger partial charge in [0.2, 0.25) is 5.91 Å². The predicted molar refractivity (Wildman–Crippen MR) is 93.3 cm³/mol. The molecule has 0 aromatic heterocycles. The van der Waals surface area contributed by atoms with Gasteiger partial charge in [0.1, 0.15) is 11.6 Å². The summed E-state index contributed by atoms with van der Waals surface area (Å²) in [5, 5.41) is 2.70. The maximum Gasteiger partial charge on any atom is 0.255 e. The fourth-order valence-corrected chi connectivity index (χ4v) is 2.08. The van der Waals surface area contributed by atoms with E-state index in [1.165, 1.54) is 12.1 Å². The molecule has 2 amide bonds. The van der Waals surface area contributed by atoms with Crippen molar-refractivity contribution in [3.8, 4) is 5.75 Å². The summed E-state index contributed by atoms with van der Waals surface area (Å²) in [5.74, 6) is -0.558. The van der Waals surface area contributed by atoms with Crippen molar-refractivity contribution < 1.29 is 18.7 Å². The molecule has 0 spiro atoms. The molecule has 0 aliphatic carbocycles. The first-order valence-corrected chi connectivity index (χ1v) is 7.75. The topological polar surface area (TPSA) is 81.4 Å². The Morgan fingerprint density at radius 2 is 1.84 bits per heavy atom. The molecule has 0 atom stereocenters. The summed E-state index contributed by atoms with van der Waals surface area (Å²) in [6.07, 6.45) is 3.48. The Bertz CT molecular complexity index is 758. The van der Waals surface area contributed by atoms with Crippen LogP contribution in [0.25, 0.3) is 6.08 Å². The van der Waals surface area contributed by atoms with Crippen LogP contribution in [0.2, 0.25) is 0 Å². The standard InChI is InChI=1S/C19H19FN2O3/c20-17-4-2-1-3-15(17)11-12-22-19(24)10-7-14-5-8-16(9-6-14)25-13-18(21)23/h1-10H,11-13H2,(H2,21,23)(H,22,24)/b10-7+. The van der Waals surface area contributed by atoms with Crippen molar-refractivity contribution in [2.24, 2.45) is 5.73 Å². The summed E-state index contributed by atoms with van der Waals surface area (Å²) in [4.78, 5) is 22.4. The lowest BCUT2D eigenvalue weighted by Crippen LogP contribution is -2.23. The number of hydrogen-bond donors (Lipinski definition) is 2. The van der Waals surface area contributed by atoms with Crippen molar-refractivity contribution in [3.05, 3.63) is 71.6 Å². The smallest absolute Gasteiger partial charge is 0.255 e. The highest BCUT2D eigenvalue weighted by atomic mass is 19.1. The first kappa shape index (κ1) is 18.2. The number of amides is 2. The van der Waals surface area contributed by atoms with Gasteiger partial charge in [-0.1, -0.05) is 30.3 Å². The van der Waals surface area contributed by atoms with E-state index in [0.717, 1.165) is 5.56 Å². The minimum Gasteiger partial charge on any atom is -0.484 e. The lowest BCUT2D eigenvalue weighted by Gasteiger charge is -2.04. The Morgan fingerprint density at radius 3 is 2.52 bits per heavy atom. The second-order valence-electron chi connectivity index (χ2n) is 5.29. The molecule has 5 nitrogen and oxygen atoms in total. The fraction of sp³-hybridized carbons (Fsp3) is 0.158. The molecule has 0 fully saturated rings. The summed E-state index contributed by atoms with van der Waals surface area (Å²) < 4.78 is 18.6. The molecule has 0 aliphatic heterocycles. The number of nitrogens with one attached hydrogen (secondary N) is 1. The van der Waals surface area contributed by atoms with Crippen molar-refractivity contribution in [3.63, 3.8) is 0 Å². The zero-order valence-electron chi connectivity index (χ0n) is 13.6. The number of primary amides is 1. The number of rotatable bonds is 8. The van der Waals surface area contributed by atoms with Gasteiger partial charge in [0.05, 0.1) is 0 Å². The molecule has 0 saturated carbocycles. The average molecular weight is 342 g/mol. The van der Waals surface area contributed by atoms with Crippen molar-refractivity contribution >= 4 is 17.9 Å². The van der Waals surface area contributed by atoms with Gasteiger partial charge in [-0.3, -0.25) is 9.59 Å². The normalized spacial score (nSPS) is 10.6. The molecule has 0 aliphatic rings. The molecule has 0 radical (unpaired) electrons. The highest BCUT2D eigenvalue weighted by Gasteiger charge is 2.01. The van der Waals surface area contributed by atoms with E-state index in [9.17, 15) is 14.0 Å². The van der Waals surface area contributed by atoms with Gasteiger partial charge in [0, 0.05) is 12.6 Å². The summed E-state index contributed by atoms with van der Waals surface area (Å²) >= 11 is 0. The van der Waals surface area contributed by atoms with Crippen molar-refractivity contribution in [2.45, 2.75) is 6.42 Å². The monoisotopic (exact) mass is 342 g/mol. The van der Waals surface area contributed by atoms with Gasteiger partial charge in [0.25, 0.3) is 5.91 Å². The van der Waals surface area contributed by atoms with E-state index >= 15 is 0 Å². The molecule has 0 heterocycles. The van der Waals surface area contributed by atoms with Crippen molar-refractivity contribution in [1.29, 1.82) is 0 Å². The van der Waals surface area contributed by atoms with E-state index in [1.54, 1.807) is 48.5 Å². The van der Waals surface area contributed by atoms with Crippen LogP contribution in [0.3, 0.4) is 0 Å². The molecule has 6 heteroatoms. The highest BCUT2D eigenvalue weighted by Crippen LogP contribution is 2.13. The number of halogens is 1. The minimum absolute atomic E-state index is 0.181. The van der Waals surface area contributed by atoms with Crippen LogP contribution in [-0.4, -0.2) is 25.0 Å². The van der Waals surface area contributed by atoms with Gasteiger partial charge in [0.15, 0.2) is 6.61 Å². The van der Waals surface area contributed by atoms with Crippen LogP contribution in [0.1, 0.15) is 11.1 Å². The van der Waals surface area contributed by atoms with E-state index in [0.29, 0.717) is 24.3 Å². The molecule has 0 bridgehead atoms. The second-order valence-corrected chi connectivity index (χ2v) is 5.29. The quantitative estimate of drug-likeness (QED) is 0.721. The van der Waals surface area contributed by atoms with Crippen LogP contribution in [0.4, 0.5) is 4.39 Å². The van der Waals surface area contributed by atoms with Gasteiger partial charge in [-0.05, 0) is 41.8 Å². The number of carbonyl (C=O) groups is 2.